The molecule has 0 atom stereocenters. The number of nitrogens with zero attached hydrogens (tertiary/aromatic N) is 1. The van der Waals surface area contributed by atoms with Crippen molar-refractivity contribution in [3.63, 3.8) is 0 Å². The SMILES string of the molecule is CN(CCO)S(=O)(=O)C1CCS(=O)(=O)CC1. The molecule has 1 rings (SSSR count). The average Bonchev–Trinajstić information content (AvgIpc) is 2.17. The highest BCUT2D eigenvalue weighted by Crippen LogP contribution is 2.21. The Balaban J connectivity index is 2.72. The third kappa shape index (κ3) is 3.16. The van der Waals surface area contributed by atoms with Crippen LogP contribution < -0.4 is 0 Å². The molecule has 0 saturated carbocycles. The summed E-state index contributed by atoms with van der Waals surface area (Å²) in [6.45, 7) is -0.188. The second kappa shape index (κ2) is 4.99. The number of aliphatic hydroxyl groups is 1. The van der Waals surface area contributed by atoms with Crippen LogP contribution in [0, 0.1) is 0 Å². The van der Waals surface area contributed by atoms with E-state index in [4.69, 9.17) is 5.11 Å². The topological polar surface area (TPSA) is 91.8 Å². The molecule has 0 spiro atoms. The first-order valence-corrected chi connectivity index (χ1v) is 8.38. The Hall–Kier alpha value is -0.180. The van der Waals surface area contributed by atoms with E-state index in [0.717, 1.165) is 4.31 Å². The van der Waals surface area contributed by atoms with Gasteiger partial charge in [-0.3, -0.25) is 0 Å². The van der Waals surface area contributed by atoms with Crippen molar-refractivity contribution in [2.75, 3.05) is 31.7 Å². The Kier molecular flexibility index (Phi) is 4.33. The lowest BCUT2D eigenvalue weighted by molar-refractivity contribution is 0.265. The number of likely N-dealkylation sites (N-methyl/N-ethyl adjacent to an activating group) is 1. The lowest BCUT2D eigenvalue weighted by atomic mass is 10.2. The van der Waals surface area contributed by atoms with Crippen molar-refractivity contribution < 1.29 is 21.9 Å². The van der Waals surface area contributed by atoms with E-state index in [1.165, 1.54) is 7.05 Å². The minimum Gasteiger partial charge on any atom is -0.395 e. The third-order valence-corrected chi connectivity index (χ3v) is 6.85. The molecular weight excluding hydrogens is 254 g/mol. The fraction of sp³-hybridized carbons (Fsp3) is 1.00. The highest BCUT2D eigenvalue weighted by Gasteiger charge is 2.34. The van der Waals surface area contributed by atoms with Gasteiger partial charge in [0.15, 0.2) is 0 Å². The predicted octanol–water partition coefficient (Wildman–Crippen LogP) is -1.18. The van der Waals surface area contributed by atoms with Gasteiger partial charge in [0.05, 0.1) is 23.4 Å². The first kappa shape index (κ1) is 13.9. The van der Waals surface area contributed by atoms with Gasteiger partial charge in [-0.05, 0) is 12.8 Å². The summed E-state index contributed by atoms with van der Waals surface area (Å²) in [7, 11) is -5.11. The highest BCUT2D eigenvalue weighted by atomic mass is 32.2. The minimum absolute atomic E-state index is 0.0472. The molecule has 0 bridgehead atoms. The van der Waals surface area contributed by atoms with Crippen LogP contribution in [0.3, 0.4) is 0 Å². The molecule has 0 unspecified atom stereocenters. The number of hydrogen-bond acceptors (Lipinski definition) is 5. The number of sulfone groups is 1. The molecule has 1 N–H and O–H groups in total. The quantitative estimate of drug-likeness (QED) is 0.694. The molecule has 0 radical (unpaired) electrons. The second-order valence-corrected chi connectivity index (χ2v) is 8.56. The summed E-state index contributed by atoms with van der Waals surface area (Å²) in [5.41, 5.74) is 0. The van der Waals surface area contributed by atoms with Crippen LogP contribution in [0.4, 0.5) is 0 Å². The van der Waals surface area contributed by atoms with Crippen LogP contribution in [0.15, 0.2) is 0 Å². The summed E-state index contributed by atoms with van der Waals surface area (Å²) < 4.78 is 47.2. The molecular formula is C8H17NO5S2. The van der Waals surface area contributed by atoms with Crippen LogP contribution in [0.1, 0.15) is 12.8 Å². The smallest absolute Gasteiger partial charge is 0.216 e. The molecule has 1 aliphatic heterocycles. The maximum Gasteiger partial charge on any atom is 0.216 e. The zero-order valence-corrected chi connectivity index (χ0v) is 10.8. The van der Waals surface area contributed by atoms with Crippen LogP contribution in [0.25, 0.3) is 0 Å². The summed E-state index contributed by atoms with van der Waals surface area (Å²) in [6, 6.07) is 0. The van der Waals surface area contributed by atoms with Crippen LogP contribution in [-0.2, 0) is 19.9 Å². The normalized spacial score (nSPS) is 22.4. The first-order valence-electron chi connectivity index (χ1n) is 5.06. The highest BCUT2D eigenvalue weighted by molar-refractivity contribution is 7.92. The minimum atomic E-state index is -3.47. The van der Waals surface area contributed by atoms with Gasteiger partial charge in [-0.25, -0.2) is 21.1 Å². The molecule has 1 saturated heterocycles. The van der Waals surface area contributed by atoms with Crippen molar-refractivity contribution in [2.45, 2.75) is 18.1 Å². The summed E-state index contributed by atoms with van der Waals surface area (Å²) >= 11 is 0. The molecule has 1 fully saturated rings. The van der Waals surface area contributed by atoms with Gasteiger partial charge in [0.1, 0.15) is 9.84 Å². The van der Waals surface area contributed by atoms with E-state index in [1.807, 2.05) is 0 Å². The number of hydrogen-bond donors (Lipinski definition) is 1. The molecule has 0 amide bonds. The lowest BCUT2D eigenvalue weighted by Crippen LogP contribution is -2.41. The maximum absolute atomic E-state index is 11.9. The number of rotatable bonds is 4. The standard InChI is InChI=1S/C8H17NO5S2/c1-9(4-5-10)16(13,14)8-2-6-15(11,12)7-3-8/h8,10H,2-7H2,1H3. The summed E-state index contributed by atoms with van der Waals surface area (Å²) in [4.78, 5) is 0. The summed E-state index contributed by atoms with van der Waals surface area (Å²) in [5.74, 6) is -0.131. The maximum atomic E-state index is 11.9. The largest absolute Gasteiger partial charge is 0.395 e. The van der Waals surface area contributed by atoms with Crippen molar-refractivity contribution in [3.05, 3.63) is 0 Å². The zero-order chi connectivity index (χ0) is 12.4. The van der Waals surface area contributed by atoms with Crippen LogP contribution in [0.2, 0.25) is 0 Å². The third-order valence-electron chi connectivity index (χ3n) is 2.77. The predicted molar refractivity (Wildman–Crippen MR) is 60.3 cm³/mol. The van der Waals surface area contributed by atoms with E-state index in [2.05, 4.69) is 0 Å². The van der Waals surface area contributed by atoms with Crippen molar-refractivity contribution in [1.29, 1.82) is 0 Å². The van der Waals surface area contributed by atoms with E-state index in [0.29, 0.717) is 0 Å². The molecule has 1 aliphatic rings. The van der Waals surface area contributed by atoms with Gasteiger partial charge in [0.25, 0.3) is 0 Å². The summed E-state index contributed by atoms with van der Waals surface area (Å²) in [6.07, 6.45) is 0.306. The van der Waals surface area contributed by atoms with E-state index < -0.39 is 25.1 Å². The van der Waals surface area contributed by atoms with Gasteiger partial charge in [-0.2, -0.15) is 0 Å². The molecule has 1 heterocycles. The van der Waals surface area contributed by atoms with Crippen molar-refractivity contribution >= 4 is 19.9 Å². The van der Waals surface area contributed by atoms with Gasteiger partial charge in [-0.15, -0.1) is 0 Å². The second-order valence-electron chi connectivity index (χ2n) is 3.94. The fourth-order valence-electron chi connectivity index (χ4n) is 1.69. The average molecular weight is 271 g/mol. The molecule has 16 heavy (non-hydrogen) atoms. The Morgan fingerprint density at radius 1 is 1.31 bits per heavy atom. The monoisotopic (exact) mass is 271 g/mol. The fourth-order valence-corrected chi connectivity index (χ4v) is 5.16. The number of sulfonamides is 1. The summed E-state index contributed by atoms with van der Waals surface area (Å²) in [5, 5.41) is 8.05. The lowest BCUT2D eigenvalue weighted by Gasteiger charge is -2.26. The molecule has 96 valence electrons. The molecule has 0 aromatic carbocycles. The first-order chi connectivity index (χ1) is 7.29. The number of aliphatic hydroxyl groups excluding tert-OH is 1. The molecule has 8 heteroatoms. The Labute approximate surface area is 96.2 Å². The van der Waals surface area contributed by atoms with Crippen molar-refractivity contribution in [3.8, 4) is 0 Å². The van der Waals surface area contributed by atoms with E-state index >= 15 is 0 Å². The van der Waals surface area contributed by atoms with E-state index in [9.17, 15) is 16.8 Å². The van der Waals surface area contributed by atoms with Gasteiger partial charge >= 0.3 is 0 Å². The van der Waals surface area contributed by atoms with E-state index in [1.54, 1.807) is 0 Å². The molecule has 6 nitrogen and oxygen atoms in total. The molecule has 0 aliphatic carbocycles. The zero-order valence-electron chi connectivity index (χ0n) is 9.16. The van der Waals surface area contributed by atoms with Gasteiger partial charge in [0, 0.05) is 13.6 Å². The van der Waals surface area contributed by atoms with Crippen molar-refractivity contribution in [1.82, 2.24) is 4.31 Å². The van der Waals surface area contributed by atoms with Crippen molar-refractivity contribution in [2.24, 2.45) is 0 Å². The van der Waals surface area contributed by atoms with Gasteiger partial charge in [-0.1, -0.05) is 0 Å². The van der Waals surface area contributed by atoms with E-state index in [-0.39, 0.29) is 37.5 Å². The van der Waals surface area contributed by atoms with Crippen LogP contribution >= 0.6 is 0 Å². The Bertz CT molecular complexity index is 413. The van der Waals surface area contributed by atoms with Crippen LogP contribution in [-0.4, -0.2) is 63.2 Å². The molecule has 0 aromatic rings. The Morgan fingerprint density at radius 2 is 1.81 bits per heavy atom. The van der Waals surface area contributed by atoms with Crippen LogP contribution in [0.5, 0.6) is 0 Å². The van der Waals surface area contributed by atoms with Gasteiger partial charge in [0.2, 0.25) is 10.0 Å². The molecule has 0 aromatic heterocycles. The Morgan fingerprint density at radius 3 is 2.25 bits per heavy atom. The van der Waals surface area contributed by atoms with Gasteiger partial charge < -0.3 is 5.11 Å².